The quantitative estimate of drug-likeness (QED) is 0.747. The molecule has 0 saturated carbocycles. The zero-order valence-corrected chi connectivity index (χ0v) is 11.2. The molecule has 4 nitrogen and oxygen atoms in total. The Bertz CT molecular complexity index is 380. The number of amides is 1. The number of likely N-dealkylation sites (N-methyl/N-ethyl adjacent to an activating group) is 1. The summed E-state index contributed by atoms with van der Waals surface area (Å²) in [7, 11) is 1.78. The van der Waals surface area contributed by atoms with Gasteiger partial charge in [-0.3, -0.25) is 4.79 Å². The SMILES string of the molecule is CCCOCC(=O)N(C)Cc1cccc(CN)c1. The lowest BCUT2D eigenvalue weighted by molar-refractivity contribution is -0.135. The molecule has 1 amide bonds. The third-order valence-corrected chi connectivity index (χ3v) is 2.65. The first-order valence-electron chi connectivity index (χ1n) is 6.27. The van der Waals surface area contributed by atoms with Crippen LogP contribution in [-0.2, 0) is 22.6 Å². The van der Waals surface area contributed by atoms with Crippen LogP contribution in [0.5, 0.6) is 0 Å². The second kappa shape index (κ2) is 7.84. The van der Waals surface area contributed by atoms with Crippen molar-refractivity contribution < 1.29 is 9.53 Å². The number of rotatable bonds is 7. The van der Waals surface area contributed by atoms with Crippen molar-refractivity contribution >= 4 is 5.91 Å². The summed E-state index contributed by atoms with van der Waals surface area (Å²) in [5, 5.41) is 0. The van der Waals surface area contributed by atoms with Crippen LogP contribution < -0.4 is 5.73 Å². The molecule has 0 radical (unpaired) electrons. The molecule has 0 aromatic heterocycles. The van der Waals surface area contributed by atoms with Crippen molar-refractivity contribution in [2.45, 2.75) is 26.4 Å². The van der Waals surface area contributed by atoms with E-state index >= 15 is 0 Å². The summed E-state index contributed by atoms with van der Waals surface area (Å²) < 4.78 is 5.24. The molecular weight excluding hydrogens is 228 g/mol. The van der Waals surface area contributed by atoms with Gasteiger partial charge in [-0.05, 0) is 17.5 Å². The van der Waals surface area contributed by atoms with Crippen molar-refractivity contribution in [1.82, 2.24) is 4.90 Å². The number of hydrogen-bond donors (Lipinski definition) is 1. The maximum absolute atomic E-state index is 11.8. The lowest BCUT2D eigenvalue weighted by Gasteiger charge is -2.17. The lowest BCUT2D eigenvalue weighted by Crippen LogP contribution is -2.30. The summed E-state index contributed by atoms with van der Waals surface area (Å²) in [6.45, 7) is 3.91. The molecule has 0 heterocycles. The summed E-state index contributed by atoms with van der Waals surface area (Å²) in [6, 6.07) is 7.96. The van der Waals surface area contributed by atoms with Gasteiger partial charge in [-0.15, -0.1) is 0 Å². The van der Waals surface area contributed by atoms with E-state index in [9.17, 15) is 4.79 Å². The molecule has 0 aliphatic carbocycles. The van der Waals surface area contributed by atoms with Crippen LogP contribution in [0.1, 0.15) is 24.5 Å². The van der Waals surface area contributed by atoms with E-state index in [1.807, 2.05) is 31.2 Å². The second-order valence-corrected chi connectivity index (χ2v) is 4.33. The van der Waals surface area contributed by atoms with Crippen LogP contribution in [0, 0.1) is 0 Å². The fourth-order valence-electron chi connectivity index (χ4n) is 1.63. The van der Waals surface area contributed by atoms with Crippen LogP contribution >= 0.6 is 0 Å². The van der Waals surface area contributed by atoms with Crippen LogP contribution in [0.4, 0.5) is 0 Å². The minimum atomic E-state index is 0.00148. The number of hydrogen-bond acceptors (Lipinski definition) is 3. The monoisotopic (exact) mass is 250 g/mol. The van der Waals surface area contributed by atoms with Crippen LogP contribution in [0.15, 0.2) is 24.3 Å². The molecule has 0 spiro atoms. The van der Waals surface area contributed by atoms with Crippen LogP contribution in [0.2, 0.25) is 0 Å². The van der Waals surface area contributed by atoms with Gasteiger partial charge in [0, 0.05) is 26.7 Å². The Hall–Kier alpha value is -1.39. The molecule has 0 aliphatic heterocycles. The summed E-state index contributed by atoms with van der Waals surface area (Å²) in [5.74, 6) is 0.00148. The molecule has 1 aromatic carbocycles. The second-order valence-electron chi connectivity index (χ2n) is 4.33. The maximum Gasteiger partial charge on any atom is 0.248 e. The predicted octanol–water partition coefficient (Wildman–Crippen LogP) is 1.53. The van der Waals surface area contributed by atoms with E-state index in [2.05, 4.69) is 0 Å². The van der Waals surface area contributed by atoms with Crippen LogP contribution in [0.3, 0.4) is 0 Å². The molecule has 1 aromatic rings. The van der Waals surface area contributed by atoms with Gasteiger partial charge in [0.1, 0.15) is 6.61 Å². The third kappa shape index (κ3) is 4.85. The fraction of sp³-hybridized carbons (Fsp3) is 0.500. The average Bonchev–Trinajstić information content (AvgIpc) is 2.39. The van der Waals surface area contributed by atoms with Crippen LogP contribution in [-0.4, -0.2) is 31.1 Å². The van der Waals surface area contributed by atoms with Gasteiger partial charge in [0.05, 0.1) is 0 Å². The first-order valence-corrected chi connectivity index (χ1v) is 6.27. The van der Waals surface area contributed by atoms with Gasteiger partial charge in [0.2, 0.25) is 5.91 Å². The largest absolute Gasteiger partial charge is 0.372 e. The van der Waals surface area contributed by atoms with Gasteiger partial charge in [-0.25, -0.2) is 0 Å². The highest BCUT2D eigenvalue weighted by atomic mass is 16.5. The fourth-order valence-corrected chi connectivity index (χ4v) is 1.63. The number of nitrogens with zero attached hydrogens (tertiary/aromatic N) is 1. The highest BCUT2D eigenvalue weighted by molar-refractivity contribution is 5.77. The highest BCUT2D eigenvalue weighted by Crippen LogP contribution is 2.07. The van der Waals surface area contributed by atoms with E-state index in [1.54, 1.807) is 11.9 Å². The molecule has 18 heavy (non-hydrogen) atoms. The molecule has 2 N–H and O–H groups in total. The molecule has 1 rings (SSSR count). The van der Waals surface area contributed by atoms with Crippen LogP contribution in [0.25, 0.3) is 0 Å². The molecule has 0 fully saturated rings. The molecule has 0 atom stereocenters. The van der Waals surface area contributed by atoms with Gasteiger partial charge < -0.3 is 15.4 Å². The molecule has 0 aliphatic rings. The first kappa shape index (κ1) is 14.7. The van der Waals surface area contributed by atoms with E-state index in [-0.39, 0.29) is 12.5 Å². The van der Waals surface area contributed by atoms with Crippen molar-refractivity contribution in [3.63, 3.8) is 0 Å². The third-order valence-electron chi connectivity index (χ3n) is 2.65. The number of nitrogens with two attached hydrogens (primary N) is 1. The minimum absolute atomic E-state index is 0.00148. The minimum Gasteiger partial charge on any atom is -0.372 e. The van der Waals surface area contributed by atoms with Crippen molar-refractivity contribution in [2.75, 3.05) is 20.3 Å². The molecule has 0 unspecified atom stereocenters. The van der Waals surface area contributed by atoms with Crippen molar-refractivity contribution in [1.29, 1.82) is 0 Å². The predicted molar refractivity (Wildman–Crippen MR) is 71.9 cm³/mol. The molecule has 100 valence electrons. The Morgan fingerprint density at radius 1 is 1.39 bits per heavy atom. The average molecular weight is 250 g/mol. The number of carbonyl (C=O) groups is 1. The molecule has 4 heteroatoms. The number of carbonyl (C=O) groups excluding carboxylic acids is 1. The van der Waals surface area contributed by atoms with E-state index in [0.29, 0.717) is 19.7 Å². The van der Waals surface area contributed by atoms with Crippen molar-refractivity contribution in [3.05, 3.63) is 35.4 Å². The van der Waals surface area contributed by atoms with Gasteiger partial charge in [-0.1, -0.05) is 31.2 Å². The Labute approximate surface area is 109 Å². The zero-order chi connectivity index (χ0) is 13.4. The normalized spacial score (nSPS) is 10.4. The standard InChI is InChI=1S/C14H22N2O2/c1-3-7-18-11-14(17)16(2)10-13-6-4-5-12(8-13)9-15/h4-6,8H,3,7,9-11,15H2,1-2H3. The Morgan fingerprint density at radius 3 is 2.78 bits per heavy atom. The molecular formula is C14H22N2O2. The zero-order valence-electron chi connectivity index (χ0n) is 11.2. The smallest absolute Gasteiger partial charge is 0.248 e. The van der Waals surface area contributed by atoms with E-state index < -0.39 is 0 Å². The molecule has 0 bridgehead atoms. The first-order chi connectivity index (χ1) is 8.67. The van der Waals surface area contributed by atoms with Gasteiger partial charge in [0.25, 0.3) is 0 Å². The number of ether oxygens (including phenoxy) is 1. The highest BCUT2D eigenvalue weighted by Gasteiger charge is 2.09. The molecule has 0 saturated heterocycles. The van der Waals surface area contributed by atoms with Gasteiger partial charge in [0.15, 0.2) is 0 Å². The lowest BCUT2D eigenvalue weighted by atomic mass is 10.1. The van der Waals surface area contributed by atoms with E-state index in [1.165, 1.54) is 0 Å². The van der Waals surface area contributed by atoms with Gasteiger partial charge in [-0.2, -0.15) is 0 Å². The maximum atomic E-state index is 11.8. The van der Waals surface area contributed by atoms with E-state index in [4.69, 9.17) is 10.5 Å². The van der Waals surface area contributed by atoms with E-state index in [0.717, 1.165) is 17.5 Å². The van der Waals surface area contributed by atoms with Crippen molar-refractivity contribution in [3.8, 4) is 0 Å². The summed E-state index contributed by atoms with van der Waals surface area (Å²) >= 11 is 0. The Balaban J connectivity index is 2.47. The van der Waals surface area contributed by atoms with Gasteiger partial charge >= 0.3 is 0 Å². The summed E-state index contributed by atoms with van der Waals surface area (Å²) in [4.78, 5) is 13.4. The topological polar surface area (TPSA) is 55.6 Å². The Kier molecular flexibility index (Phi) is 6.39. The number of benzene rings is 1. The van der Waals surface area contributed by atoms with Crippen molar-refractivity contribution in [2.24, 2.45) is 5.73 Å². The summed E-state index contributed by atoms with van der Waals surface area (Å²) in [5.41, 5.74) is 7.76. The summed E-state index contributed by atoms with van der Waals surface area (Å²) in [6.07, 6.45) is 0.926. The Morgan fingerprint density at radius 2 is 2.11 bits per heavy atom.